The van der Waals surface area contributed by atoms with E-state index < -0.39 is 0 Å². The van der Waals surface area contributed by atoms with E-state index in [0.29, 0.717) is 0 Å². The van der Waals surface area contributed by atoms with Crippen LogP contribution in [0.15, 0.2) is 66.9 Å². The molecule has 0 unspecified atom stereocenters. The van der Waals surface area contributed by atoms with E-state index >= 15 is 0 Å². The Morgan fingerprint density at radius 3 is 2.55 bits per heavy atom. The van der Waals surface area contributed by atoms with Crippen LogP contribution in [0.4, 0.5) is 0 Å². The molecule has 0 amide bonds. The van der Waals surface area contributed by atoms with Crippen LogP contribution in [0.2, 0.25) is 0 Å². The van der Waals surface area contributed by atoms with Crippen LogP contribution in [0, 0.1) is 13.0 Å². The fourth-order valence-electron chi connectivity index (χ4n) is 2.78. The largest absolute Gasteiger partial charge is 0.305 e. The molecule has 1 heterocycles. The topological polar surface area (TPSA) is 12.9 Å². The van der Waals surface area contributed by atoms with Gasteiger partial charge in [0, 0.05) is 26.3 Å². The SMILES string of the molecule is Cc1ccnc(-c2[c-]cc3c(ccc4ccccc43)c2)c1.[Ir]. The van der Waals surface area contributed by atoms with Gasteiger partial charge in [0.25, 0.3) is 0 Å². The Morgan fingerprint density at radius 1 is 0.864 bits per heavy atom. The average molecular weight is 461 g/mol. The summed E-state index contributed by atoms with van der Waals surface area (Å²) in [4.78, 5) is 4.45. The Kier molecular flexibility index (Phi) is 4.06. The van der Waals surface area contributed by atoms with Gasteiger partial charge in [-0.1, -0.05) is 58.8 Å². The molecule has 0 spiro atoms. The van der Waals surface area contributed by atoms with Crippen molar-refractivity contribution in [3.63, 3.8) is 0 Å². The number of nitrogens with zero attached hydrogens (tertiary/aromatic N) is 1. The second-order valence-corrected chi connectivity index (χ2v) is 5.35. The summed E-state index contributed by atoms with van der Waals surface area (Å²) in [5.41, 5.74) is 3.23. The molecule has 1 aromatic heterocycles. The molecular formula is C20H14IrN-. The molecule has 0 bridgehead atoms. The summed E-state index contributed by atoms with van der Waals surface area (Å²) in [5.74, 6) is 0. The summed E-state index contributed by atoms with van der Waals surface area (Å²) in [6.45, 7) is 2.08. The second kappa shape index (κ2) is 6.00. The molecular weight excluding hydrogens is 446 g/mol. The van der Waals surface area contributed by atoms with Crippen LogP contribution < -0.4 is 0 Å². The Morgan fingerprint density at radius 2 is 1.68 bits per heavy atom. The zero-order valence-corrected chi connectivity index (χ0v) is 14.5. The van der Waals surface area contributed by atoms with Crippen LogP contribution in [0.3, 0.4) is 0 Å². The smallest absolute Gasteiger partial charge is 0.0163 e. The van der Waals surface area contributed by atoms with Crippen LogP contribution >= 0.6 is 0 Å². The van der Waals surface area contributed by atoms with E-state index in [9.17, 15) is 0 Å². The number of hydrogen-bond acceptors (Lipinski definition) is 1. The van der Waals surface area contributed by atoms with Crippen molar-refractivity contribution >= 4 is 21.5 Å². The van der Waals surface area contributed by atoms with Crippen molar-refractivity contribution in [2.45, 2.75) is 6.92 Å². The number of rotatable bonds is 1. The number of benzene rings is 3. The molecule has 3 aromatic carbocycles. The van der Waals surface area contributed by atoms with Gasteiger partial charge in [0.15, 0.2) is 0 Å². The summed E-state index contributed by atoms with van der Waals surface area (Å²) in [6.07, 6.45) is 1.85. The average Bonchev–Trinajstić information content (AvgIpc) is 2.54. The van der Waals surface area contributed by atoms with Crippen molar-refractivity contribution in [2.75, 3.05) is 0 Å². The molecule has 4 aromatic rings. The summed E-state index contributed by atoms with van der Waals surface area (Å²) in [5, 5.41) is 5.00. The van der Waals surface area contributed by atoms with E-state index in [-0.39, 0.29) is 20.1 Å². The summed E-state index contributed by atoms with van der Waals surface area (Å²) in [6, 6.07) is 24.5. The first-order valence-electron chi connectivity index (χ1n) is 7.07. The summed E-state index contributed by atoms with van der Waals surface area (Å²) < 4.78 is 0. The van der Waals surface area contributed by atoms with Crippen molar-refractivity contribution < 1.29 is 20.1 Å². The van der Waals surface area contributed by atoms with Crippen molar-refractivity contribution in [1.82, 2.24) is 4.98 Å². The van der Waals surface area contributed by atoms with Crippen molar-refractivity contribution in [2.24, 2.45) is 0 Å². The minimum absolute atomic E-state index is 0. The van der Waals surface area contributed by atoms with E-state index in [4.69, 9.17) is 0 Å². The number of aromatic nitrogens is 1. The van der Waals surface area contributed by atoms with Crippen molar-refractivity contribution in [3.05, 3.63) is 78.5 Å². The third kappa shape index (κ3) is 2.56. The van der Waals surface area contributed by atoms with Crippen LogP contribution in [0.25, 0.3) is 32.8 Å². The number of fused-ring (bicyclic) bond motifs is 3. The molecule has 22 heavy (non-hydrogen) atoms. The van der Waals surface area contributed by atoms with E-state index in [0.717, 1.165) is 11.3 Å². The van der Waals surface area contributed by atoms with Gasteiger partial charge in [-0.25, -0.2) is 0 Å². The summed E-state index contributed by atoms with van der Waals surface area (Å²) >= 11 is 0. The standard InChI is InChI=1S/C20H14N.Ir/c1-14-10-11-21-20(12-14)17-8-9-19-16(13-17)7-6-15-4-2-3-5-18(15)19;/h2-7,9-13H,1H3;/q-1;. The molecule has 1 radical (unpaired) electrons. The molecule has 0 atom stereocenters. The molecule has 0 N–H and O–H groups in total. The Bertz CT molecular complexity index is 960. The Labute approximate surface area is 143 Å². The first kappa shape index (κ1) is 14.9. The molecule has 1 nitrogen and oxygen atoms in total. The molecule has 109 valence electrons. The molecule has 0 saturated heterocycles. The van der Waals surface area contributed by atoms with Crippen LogP contribution in [0.5, 0.6) is 0 Å². The predicted molar refractivity (Wildman–Crippen MR) is 88.3 cm³/mol. The van der Waals surface area contributed by atoms with Gasteiger partial charge in [0.2, 0.25) is 0 Å². The molecule has 0 aliphatic carbocycles. The fraction of sp³-hybridized carbons (Fsp3) is 0.0500. The van der Waals surface area contributed by atoms with E-state index in [1.54, 1.807) is 0 Å². The number of pyridine rings is 1. The van der Waals surface area contributed by atoms with Crippen molar-refractivity contribution in [1.29, 1.82) is 0 Å². The Hall–Kier alpha value is -2.02. The fourth-order valence-corrected chi connectivity index (χ4v) is 2.78. The quantitative estimate of drug-likeness (QED) is 0.282. The second-order valence-electron chi connectivity index (χ2n) is 5.35. The van der Waals surface area contributed by atoms with Gasteiger partial charge < -0.3 is 4.98 Å². The Balaban J connectivity index is 0.00000144. The minimum Gasteiger partial charge on any atom is -0.305 e. The zero-order chi connectivity index (χ0) is 14.2. The molecule has 0 aliphatic heterocycles. The number of hydrogen-bond donors (Lipinski definition) is 0. The first-order chi connectivity index (χ1) is 10.3. The van der Waals surface area contributed by atoms with Gasteiger partial charge in [-0.3, -0.25) is 0 Å². The normalized spacial score (nSPS) is 10.6. The van der Waals surface area contributed by atoms with Gasteiger partial charge in [-0.05, 0) is 24.1 Å². The molecule has 0 saturated carbocycles. The van der Waals surface area contributed by atoms with Gasteiger partial charge >= 0.3 is 0 Å². The predicted octanol–water partition coefficient (Wildman–Crippen LogP) is 5.16. The van der Waals surface area contributed by atoms with Crippen LogP contribution in [0.1, 0.15) is 5.56 Å². The van der Waals surface area contributed by atoms with E-state index in [1.165, 1.54) is 27.1 Å². The van der Waals surface area contributed by atoms with Crippen LogP contribution in [-0.4, -0.2) is 4.98 Å². The number of aryl methyl sites for hydroxylation is 1. The van der Waals surface area contributed by atoms with E-state index in [2.05, 4.69) is 72.6 Å². The molecule has 4 rings (SSSR count). The minimum atomic E-state index is 0. The van der Waals surface area contributed by atoms with Gasteiger partial charge in [0.1, 0.15) is 0 Å². The van der Waals surface area contributed by atoms with Crippen LogP contribution in [-0.2, 0) is 20.1 Å². The van der Waals surface area contributed by atoms with Gasteiger partial charge in [0.05, 0.1) is 0 Å². The zero-order valence-electron chi connectivity index (χ0n) is 12.1. The first-order valence-corrected chi connectivity index (χ1v) is 7.07. The monoisotopic (exact) mass is 461 g/mol. The van der Waals surface area contributed by atoms with E-state index in [1.807, 2.05) is 12.3 Å². The third-order valence-electron chi connectivity index (χ3n) is 3.87. The van der Waals surface area contributed by atoms with Gasteiger partial charge in [-0.2, -0.15) is 0 Å². The molecule has 0 fully saturated rings. The maximum absolute atomic E-state index is 4.45. The summed E-state index contributed by atoms with van der Waals surface area (Å²) in [7, 11) is 0. The van der Waals surface area contributed by atoms with Crippen molar-refractivity contribution in [3.8, 4) is 11.3 Å². The third-order valence-corrected chi connectivity index (χ3v) is 3.87. The maximum Gasteiger partial charge on any atom is 0.0163 e. The maximum atomic E-state index is 4.45. The molecule has 2 heteroatoms. The van der Waals surface area contributed by atoms with Gasteiger partial charge in [-0.15, -0.1) is 29.1 Å². The molecule has 0 aliphatic rings.